The van der Waals surface area contributed by atoms with Gasteiger partial charge in [-0.05, 0) is 12.5 Å². The highest BCUT2D eigenvalue weighted by atomic mass is 16.1. The second kappa shape index (κ2) is 6.20. The van der Waals surface area contributed by atoms with Gasteiger partial charge < -0.3 is 15.6 Å². The Kier molecular flexibility index (Phi) is 4.89. The Bertz CT molecular complexity index is 344. The summed E-state index contributed by atoms with van der Waals surface area (Å²) in [5.41, 5.74) is 6.85. The van der Waals surface area contributed by atoms with Crippen LogP contribution in [0.5, 0.6) is 0 Å². The van der Waals surface area contributed by atoms with Gasteiger partial charge in [0.05, 0.1) is 5.69 Å². The molecule has 0 saturated heterocycles. The van der Waals surface area contributed by atoms with E-state index in [0.29, 0.717) is 11.4 Å². The van der Waals surface area contributed by atoms with Crippen LogP contribution in [0.1, 0.15) is 43.1 Å². The first-order valence-corrected chi connectivity index (χ1v) is 5.85. The molecular formula is C12H21N3O. The number of nitrogens with two attached hydrogens (primary N) is 1. The van der Waals surface area contributed by atoms with E-state index in [-0.39, 0.29) is 5.91 Å². The van der Waals surface area contributed by atoms with Gasteiger partial charge in [0, 0.05) is 19.8 Å². The van der Waals surface area contributed by atoms with Crippen molar-refractivity contribution in [1.29, 1.82) is 0 Å². The van der Waals surface area contributed by atoms with Gasteiger partial charge in [0.1, 0.15) is 5.69 Å². The first kappa shape index (κ1) is 12.6. The molecule has 0 bridgehead atoms. The van der Waals surface area contributed by atoms with Crippen molar-refractivity contribution in [3.8, 4) is 0 Å². The van der Waals surface area contributed by atoms with Crippen LogP contribution in [0.3, 0.4) is 0 Å². The Morgan fingerprint density at radius 1 is 1.44 bits per heavy atom. The molecule has 1 amide bonds. The summed E-state index contributed by atoms with van der Waals surface area (Å²) in [4.78, 5) is 11.7. The summed E-state index contributed by atoms with van der Waals surface area (Å²) in [6, 6.07) is 1.70. The van der Waals surface area contributed by atoms with Crippen molar-refractivity contribution in [1.82, 2.24) is 9.88 Å². The van der Waals surface area contributed by atoms with Crippen molar-refractivity contribution in [3.05, 3.63) is 18.0 Å². The predicted molar refractivity (Wildman–Crippen MR) is 66.3 cm³/mol. The first-order chi connectivity index (χ1) is 7.65. The number of hydrogen-bond donors (Lipinski definition) is 2. The summed E-state index contributed by atoms with van der Waals surface area (Å²) in [5, 5.41) is 2.90. The molecule has 90 valence electrons. The minimum atomic E-state index is -0.0456. The Morgan fingerprint density at radius 2 is 2.19 bits per heavy atom. The second-order valence-electron chi connectivity index (χ2n) is 4.09. The van der Waals surface area contributed by atoms with Gasteiger partial charge in [-0.1, -0.05) is 26.2 Å². The lowest BCUT2D eigenvalue weighted by atomic mass is 10.2. The molecule has 3 N–H and O–H groups in total. The molecule has 16 heavy (non-hydrogen) atoms. The fourth-order valence-corrected chi connectivity index (χ4v) is 1.66. The molecule has 0 aliphatic heterocycles. The number of aryl methyl sites for hydroxylation is 1. The summed E-state index contributed by atoms with van der Waals surface area (Å²) < 4.78 is 1.75. The number of rotatable bonds is 6. The third-order valence-corrected chi connectivity index (χ3v) is 2.57. The maximum absolute atomic E-state index is 11.7. The van der Waals surface area contributed by atoms with Crippen LogP contribution in [0.2, 0.25) is 0 Å². The van der Waals surface area contributed by atoms with Crippen LogP contribution in [0.25, 0.3) is 0 Å². The number of aromatic nitrogens is 1. The highest BCUT2D eigenvalue weighted by Crippen LogP contribution is 2.08. The number of nitrogens with one attached hydrogen (secondary N) is 1. The molecule has 1 rings (SSSR count). The monoisotopic (exact) mass is 223 g/mol. The van der Waals surface area contributed by atoms with E-state index in [1.165, 1.54) is 19.3 Å². The number of carbonyl (C=O) groups excluding carboxylic acids is 1. The predicted octanol–water partition coefficient (Wildman–Crippen LogP) is 1.92. The molecule has 1 heterocycles. The molecule has 0 atom stereocenters. The van der Waals surface area contributed by atoms with Gasteiger partial charge in [0.25, 0.3) is 5.91 Å². The second-order valence-corrected chi connectivity index (χ2v) is 4.09. The SMILES string of the molecule is CCCCCCNC(=O)c1cc(N)cn1C. The summed E-state index contributed by atoms with van der Waals surface area (Å²) in [6.07, 6.45) is 6.40. The molecule has 0 saturated carbocycles. The zero-order valence-corrected chi connectivity index (χ0v) is 10.1. The molecule has 0 unspecified atom stereocenters. The van der Waals surface area contributed by atoms with Gasteiger partial charge in [-0.2, -0.15) is 0 Å². The molecule has 1 aromatic heterocycles. The Hall–Kier alpha value is -1.45. The largest absolute Gasteiger partial charge is 0.397 e. The van der Waals surface area contributed by atoms with E-state index in [0.717, 1.165) is 13.0 Å². The normalized spacial score (nSPS) is 10.4. The third kappa shape index (κ3) is 3.61. The van der Waals surface area contributed by atoms with Crippen molar-refractivity contribution < 1.29 is 4.79 Å². The van der Waals surface area contributed by atoms with Gasteiger partial charge in [-0.15, -0.1) is 0 Å². The molecule has 0 aromatic carbocycles. The number of nitrogen functional groups attached to an aromatic ring is 1. The molecule has 1 aromatic rings. The van der Waals surface area contributed by atoms with Gasteiger partial charge in [0.2, 0.25) is 0 Å². The van der Waals surface area contributed by atoms with Crippen molar-refractivity contribution >= 4 is 11.6 Å². The van der Waals surface area contributed by atoms with Crippen molar-refractivity contribution in [3.63, 3.8) is 0 Å². The van der Waals surface area contributed by atoms with Gasteiger partial charge >= 0.3 is 0 Å². The highest BCUT2D eigenvalue weighted by molar-refractivity contribution is 5.93. The summed E-state index contributed by atoms with van der Waals surface area (Å²) in [5.74, 6) is -0.0456. The molecule has 0 aliphatic rings. The Labute approximate surface area is 96.8 Å². The van der Waals surface area contributed by atoms with E-state index >= 15 is 0 Å². The average Bonchev–Trinajstić information content (AvgIpc) is 2.57. The smallest absolute Gasteiger partial charge is 0.267 e. The van der Waals surface area contributed by atoms with Gasteiger partial charge in [0.15, 0.2) is 0 Å². The lowest BCUT2D eigenvalue weighted by Crippen LogP contribution is -2.26. The number of carbonyl (C=O) groups is 1. The average molecular weight is 223 g/mol. The van der Waals surface area contributed by atoms with E-state index in [1.54, 1.807) is 16.8 Å². The summed E-state index contributed by atoms with van der Waals surface area (Å²) >= 11 is 0. The molecule has 4 nitrogen and oxygen atoms in total. The van der Waals surface area contributed by atoms with Crippen LogP contribution in [-0.2, 0) is 7.05 Å². The molecule has 0 fully saturated rings. The zero-order chi connectivity index (χ0) is 12.0. The van der Waals surface area contributed by atoms with E-state index in [4.69, 9.17) is 5.73 Å². The standard InChI is InChI=1S/C12H21N3O/c1-3-4-5-6-7-14-12(16)11-8-10(13)9-15(11)2/h8-9H,3-7,13H2,1-2H3,(H,14,16). The molecule has 0 aliphatic carbocycles. The highest BCUT2D eigenvalue weighted by Gasteiger charge is 2.09. The molecular weight excluding hydrogens is 202 g/mol. The minimum absolute atomic E-state index is 0.0456. The van der Waals surface area contributed by atoms with Crippen LogP contribution in [0.4, 0.5) is 5.69 Å². The van der Waals surface area contributed by atoms with Crippen LogP contribution in [-0.4, -0.2) is 17.0 Å². The summed E-state index contributed by atoms with van der Waals surface area (Å²) in [7, 11) is 1.82. The fourth-order valence-electron chi connectivity index (χ4n) is 1.66. The van der Waals surface area contributed by atoms with E-state index in [2.05, 4.69) is 12.2 Å². The molecule has 0 spiro atoms. The lowest BCUT2D eigenvalue weighted by molar-refractivity contribution is 0.0945. The van der Waals surface area contributed by atoms with Gasteiger partial charge in [-0.3, -0.25) is 4.79 Å². The number of amides is 1. The summed E-state index contributed by atoms with van der Waals surface area (Å²) in [6.45, 7) is 2.91. The third-order valence-electron chi connectivity index (χ3n) is 2.57. The Balaban J connectivity index is 2.33. The van der Waals surface area contributed by atoms with Gasteiger partial charge in [-0.25, -0.2) is 0 Å². The lowest BCUT2D eigenvalue weighted by Gasteiger charge is -2.05. The van der Waals surface area contributed by atoms with Crippen LogP contribution < -0.4 is 11.1 Å². The topological polar surface area (TPSA) is 60.1 Å². The Morgan fingerprint density at radius 3 is 2.75 bits per heavy atom. The van der Waals surface area contributed by atoms with E-state index in [9.17, 15) is 4.79 Å². The van der Waals surface area contributed by atoms with Crippen LogP contribution in [0.15, 0.2) is 12.3 Å². The number of hydrogen-bond acceptors (Lipinski definition) is 2. The molecule has 4 heteroatoms. The quantitative estimate of drug-likeness (QED) is 0.724. The number of anilines is 1. The fraction of sp³-hybridized carbons (Fsp3) is 0.583. The van der Waals surface area contributed by atoms with Crippen molar-refractivity contribution in [2.75, 3.05) is 12.3 Å². The van der Waals surface area contributed by atoms with E-state index in [1.807, 2.05) is 7.05 Å². The maximum atomic E-state index is 11.7. The minimum Gasteiger partial charge on any atom is -0.397 e. The van der Waals surface area contributed by atoms with Crippen molar-refractivity contribution in [2.24, 2.45) is 7.05 Å². The number of unbranched alkanes of at least 4 members (excludes halogenated alkanes) is 3. The maximum Gasteiger partial charge on any atom is 0.267 e. The van der Waals surface area contributed by atoms with Crippen molar-refractivity contribution in [2.45, 2.75) is 32.6 Å². The van der Waals surface area contributed by atoms with Crippen LogP contribution >= 0.6 is 0 Å². The molecule has 0 radical (unpaired) electrons. The number of nitrogens with zero attached hydrogens (tertiary/aromatic N) is 1. The zero-order valence-electron chi connectivity index (χ0n) is 10.1. The van der Waals surface area contributed by atoms with E-state index < -0.39 is 0 Å². The van der Waals surface area contributed by atoms with Crippen LogP contribution in [0, 0.1) is 0 Å². The first-order valence-electron chi connectivity index (χ1n) is 5.85.